The van der Waals surface area contributed by atoms with Gasteiger partial charge in [-0.2, -0.15) is 4.98 Å². The van der Waals surface area contributed by atoms with Gasteiger partial charge in [0.1, 0.15) is 0 Å². The van der Waals surface area contributed by atoms with Crippen LogP contribution in [0.3, 0.4) is 0 Å². The first-order chi connectivity index (χ1) is 14.3. The highest BCUT2D eigenvalue weighted by Gasteiger charge is 2.15. The molecule has 0 bridgehead atoms. The maximum atomic E-state index is 11.9. The average Bonchev–Trinajstić information content (AvgIpc) is 3.09. The number of hydrogen-bond acceptors (Lipinski definition) is 6. The van der Waals surface area contributed by atoms with E-state index in [-0.39, 0.29) is 5.91 Å². The molecule has 0 unspecified atom stereocenters. The number of aryl methyl sites for hydroxylation is 1. The molecule has 5 N–H and O–H groups in total. The average molecular weight is 403 g/mol. The molecule has 1 amide bonds. The second kappa shape index (κ2) is 8.60. The van der Waals surface area contributed by atoms with Crippen LogP contribution in [0.25, 0.3) is 17.0 Å². The van der Waals surface area contributed by atoms with Crippen molar-refractivity contribution in [3.63, 3.8) is 0 Å². The molecule has 0 atom stereocenters. The largest absolute Gasteiger partial charge is 0.398 e. The maximum absolute atomic E-state index is 11.9. The van der Waals surface area contributed by atoms with Crippen molar-refractivity contribution in [3.8, 4) is 11.4 Å². The Hall–Kier alpha value is -3.94. The van der Waals surface area contributed by atoms with Crippen LogP contribution in [0.2, 0.25) is 0 Å². The first-order valence-electron chi connectivity index (χ1n) is 9.51. The summed E-state index contributed by atoms with van der Waals surface area (Å²) in [4.78, 5) is 16.5. The van der Waals surface area contributed by atoms with Crippen LogP contribution in [-0.4, -0.2) is 33.4 Å². The van der Waals surface area contributed by atoms with E-state index in [1.807, 2.05) is 32.0 Å². The first kappa shape index (κ1) is 20.8. The zero-order valence-corrected chi connectivity index (χ0v) is 17.3. The smallest absolute Gasteiger partial charge is 0.251 e. The molecule has 0 saturated carbocycles. The fourth-order valence-electron chi connectivity index (χ4n) is 3.12. The lowest BCUT2D eigenvalue weighted by Crippen LogP contribution is -2.22. The number of nitrogen functional groups attached to an aromatic ring is 1. The molecule has 0 aliphatic rings. The summed E-state index contributed by atoms with van der Waals surface area (Å²) in [6, 6.07) is 10.7. The number of rotatable bonds is 7. The number of aromatic nitrogens is 3. The van der Waals surface area contributed by atoms with Crippen LogP contribution < -0.4 is 16.4 Å². The van der Waals surface area contributed by atoms with E-state index < -0.39 is 0 Å². The molecule has 0 aliphatic heterocycles. The Morgan fingerprint density at radius 1 is 1.27 bits per heavy atom. The van der Waals surface area contributed by atoms with E-state index in [9.17, 15) is 4.79 Å². The highest BCUT2D eigenvalue weighted by atomic mass is 16.1. The Kier molecular flexibility index (Phi) is 5.96. The minimum atomic E-state index is -0.113. The van der Waals surface area contributed by atoms with Gasteiger partial charge in [-0.3, -0.25) is 4.79 Å². The quantitative estimate of drug-likeness (QED) is 0.355. The molecule has 2 aromatic carbocycles. The van der Waals surface area contributed by atoms with Crippen molar-refractivity contribution in [2.75, 3.05) is 17.6 Å². The number of nitrogens with one attached hydrogen (secondary N) is 3. The molecule has 8 nitrogen and oxygen atoms in total. The van der Waals surface area contributed by atoms with Crippen LogP contribution in [0.5, 0.6) is 0 Å². The van der Waals surface area contributed by atoms with Gasteiger partial charge in [-0.15, -0.1) is 5.10 Å². The number of carbonyl (C=O) groups is 1. The van der Waals surface area contributed by atoms with Gasteiger partial charge >= 0.3 is 0 Å². The molecule has 0 aliphatic carbocycles. The summed E-state index contributed by atoms with van der Waals surface area (Å²) in [5.74, 6) is 0.945. The van der Waals surface area contributed by atoms with Crippen molar-refractivity contribution in [1.82, 2.24) is 20.1 Å². The highest BCUT2D eigenvalue weighted by molar-refractivity contribution is 5.97. The number of amides is 1. The van der Waals surface area contributed by atoms with Gasteiger partial charge in [-0.1, -0.05) is 18.7 Å². The minimum absolute atomic E-state index is 0.113. The predicted octanol–water partition coefficient (Wildman–Crippen LogP) is 3.59. The molecule has 30 heavy (non-hydrogen) atoms. The van der Waals surface area contributed by atoms with Gasteiger partial charge in [0.15, 0.2) is 5.82 Å². The van der Waals surface area contributed by atoms with Crippen molar-refractivity contribution >= 4 is 35.0 Å². The van der Waals surface area contributed by atoms with Gasteiger partial charge in [0, 0.05) is 53.4 Å². The van der Waals surface area contributed by atoms with E-state index in [1.54, 1.807) is 29.9 Å². The fourth-order valence-corrected chi connectivity index (χ4v) is 3.12. The maximum Gasteiger partial charge on any atom is 0.251 e. The number of benzene rings is 2. The number of nitrogens with zero attached hydrogens (tertiary/aromatic N) is 3. The standard InChI is InChI=1S/C22H25N7O/c1-5-25-21(30)15-8-6-14(7-9-15)20-27-22(29(4)28-20)26-18-11-10-17(24)16(12-23)19(18)13(2)3/h6-12,23H,2,5,24H2,1,3-4H3,(H,25,30)(H,26,27,28). The van der Waals surface area contributed by atoms with E-state index in [1.165, 1.54) is 6.21 Å². The monoisotopic (exact) mass is 403 g/mol. The van der Waals surface area contributed by atoms with Crippen LogP contribution in [0.1, 0.15) is 35.3 Å². The van der Waals surface area contributed by atoms with Crippen LogP contribution in [0, 0.1) is 5.41 Å². The van der Waals surface area contributed by atoms with Crippen LogP contribution in [0.4, 0.5) is 17.3 Å². The first-order valence-corrected chi connectivity index (χ1v) is 9.51. The summed E-state index contributed by atoms with van der Waals surface area (Å²) in [6.07, 6.45) is 1.23. The number of nitrogens with two attached hydrogens (primary N) is 1. The Morgan fingerprint density at radius 2 is 1.97 bits per heavy atom. The summed E-state index contributed by atoms with van der Waals surface area (Å²) in [5.41, 5.74) is 10.8. The third kappa shape index (κ3) is 4.07. The summed E-state index contributed by atoms with van der Waals surface area (Å²) in [5, 5.41) is 18.2. The Morgan fingerprint density at radius 3 is 2.57 bits per heavy atom. The number of hydrogen-bond donors (Lipinski definition) is 4. The molecule has 0 fully saturated rings. The van der Waals surface area contributed by atoms with Crippen molar-refractivity contribution < 1.29 is 4.79 Å². The number of anilines is 3. The Labute approximate surface area is 175 Å². The highest BCUT2D eigenvalue weighted by Crippen LogP contribution is 2.31. The summed E-state index contributed by atoms with van der Waals surface area (Å²) in [7, 11) is 1.79. The molecule has 1 aromatic heterocycles. The third-order valence-corrected chi connectivity index (χ3v) is 4.60. The van der Waals surface area contributed by atoms with E-state index >= 15 is 0 Å². The minimum Gasteiger partial charge on any atom is -0.398 e. The SMILES string of the molecule is C=C(C)c1c(Nc2nc(-c3ccc(C(=O)NCC)cc3)nn2C)ccc(N)c1C=N. The van der Waals surface area contributed by atoms with Gasteiger partial charge in [-0.25, -0.2) is 4.68 Å². The lowest BCUT2D eigenvalue weighted by atomic mass is 9.98. The lowest BCUT2D eigenvalue weighted by Gasteiger charge is -2.15. The number of allylic oxidation sites excluding steroid dienone is 1. The van der Waals surface area contributed by atoms with E-state index in [2.05, 4.69) is 27.3 Å². The summed E-state index contributed by atoms with van der Waals surface area (Å²) >= 11 is 0. The fraction of sp³-hybridized carbons (Fsp3) is 0.182. The molecular formula is C22H25N7O. The Balaban J connectivity index is 1.92. The normalized spacial score (nSPS) is 10.5. The van der Waals surface area contributed by atoms with Gasteiger partial charge < -0.3 is 21.8 Å². The van der Waals surface area contributed by atoms with Crippen LogP contribution in [-0.2, 0) is 7.05 Å². The third-order valence-electron chi connectivity index (χ3n) is 4.60. The summed E-state index contributed by atoms with van der Waals surface area (Å²) in [6.45, 7) is 8.34. The topological polar surface area (TPSA) is 122 Å². The predicted molar refractivity (Wildman–Crippen MR) is 121 cm³/mol. The van der Waals surface area contributed by atoms with E-state index in [0.29, 0.717) is 35.1 Å². The molecule has 8 heteroatoms. The van der Waals surface area contributed by atoms with Crippen molar-refractivity contribution in [1.29, 1.82) is 5.41 Å². The lowest BCUT2D eigenvalue weighted by molar-refractivity contribution is 0.0956. The zero-order chi connectivity index (χ0) is 21.8. The van der Waals surface area contributed by atoms with Gasteiger partial charge in [-0.05, 0) is 43.7 Å². The number of carbonyl (C=O) groups excluding carboxylic acids is 1. The molecular weight excluding hydrogens is 378 g/mol. The van der Waals surface area contributed by atoms with Gasteiger partial charge in [0.2, 0.25) is 5.95 Å². The Bertz CT molecular complexity index is 1110. The summed E-state index contributed by atoms with van der Waals surface area (Å²) < 4.78 is 1.63. The van der Waals surface area contributed by atoms with E-state index in [4.69, 9.17) is 11.1 Å². The van der Waals surface area contributed by atoms with Gasteiger partial charge in [0.25, 0.3) is 5.91 Å². The van der Waals surface area contributed by atoms with Gasteiger partial charge in [0.05, 0.1) is 0 Å². The van der Waals surface area contributed by atoms with Crippen molar-refractivity contribution in [3.05, 3.63) is 59.7 Å². The van der Waals surface area contributed by atoms with Crippen molar-refractivity contribution in [2.24, 2.45) is 7.05 Å². The second-order valence-corrected chi connectivity index (χ2v) is 6.86. The molecule has 0 saturated heterocycles. The van der Waals surface area contributed by atoms with Crippen LogP contribution >= 0.6 is 0 Å². The zero-order valence-electron chi connectivity index (χ0n) is 17.3. The van der Waals surface area contributed by atoms with E-state index in [0.717, 1.165) is 22.4 Å². The molecule has 0 radical (unpaired) electrons. The molecule has 3 rings (SSSR count). The molecule has 0 spiro atoms. The second-order valence-electron chi connectivity index (χ2n) is 6.86. The van der Waals surface area contributed by atoms with Crippen molar-refractivity contribution in [2.45, 2.75) is 13.8 Å². The van der Waals surface area contributed by atoms with Crippen LogP contribution in [0.15, 0.2) is 43.0 Å². The molecule has 154 valence electrons. The molecule has 3 aromatic rings. The molecule has 1 heterocycles.